The molecule has 4 atom stereocenters. The number of Topliss-reactive ketones (excluding diaryl/α,β-unsaturated/α-hetero) is 1. The molecule has 228 valence electrons. The molecule has 5 rings (SSSR count). The molecule has 0 N–H and O–H groups in total. The molecule has 0 aromatic heterocycles. The Bertz CT molecular complexity index is 1660. The first-order valence-corrected chi connectivity index (χ1v) is 16.4. The molecule has 0 radical (unpaired) electrons. The summed E-state index contributed by atoms with van der Waals surface area (Å²) in [6, 6.07) is 14.1. The highest BCUT2D eigenvalue weighted by molar-refractivity contribution is 9.12. The van der Waals surface area contributed by atoms with E-state index >= 15 is 0 Å². The van der Waals surface area contributed by atoms with Crippen LogP contribution in [0.25, 0.3) is 0 Å². The van der Waals surface area contributed by atoms with E-state index in [9.17, 15) is 24.0 Å². The summed E-state index contributed by atoms with van der Waals surface area (Å²) in [5, 5.41) is 2.35. The molecule has 3 aromatic rings. The van der Waals surface area contributed by atoms with Crippen molar-refractivity contribution in [2.24, 2.45) is 11.8 Å². The van der Waals surface area contributed by atoms with Crippen LogP contribution in [0.15, 0.2) is 60.7 Å². The van der Waals surface area contributed by atoms with Crippen molar-refractivity contribution in [3.8, 4) is 5.75 Å². The van der Waals surface area contributed by atoms with Crippen molar-refractivity contribution in [3.63, 3.8) is 0 Å². The number of carbonyl (C=O) groups is 5. The Labute approximate surface area is 288 Å². The smallest absolute Gasteiger partial charge is 0.345 e. The third-order valence-corrected chi connectivity index (χ3v) is 11.2. The molecule has 1 heterocycles. The van der Waals surface area contributed by atoms with Gasteiger partial charge in [-0.3, -0.25) is 19.2 Å². The van der Waals surface area contributed by atoms with Gasteiger partial charge in [-0.15, -0.1) is 0 Å². The second kappa shape index (κ2) is 13.5. The van der Waals surface area contributed by atoms with E-state index in [1.54, 1.807) is 0 Å². The highest BCUT2D eigenvalue weighted by atomic mass is 79.9. The van der Waals surface area contributed by atoms with Crippen molar-refractivity contribution in [1.82, 2.24) is 10.0 Å². The monoisotopic (exact) mass is 802 g/mol. The fraction of sp³-hybridized carbons (Fsp3) is 0.233. The largest absolute Gasteiger partial charge is 0.423 e. The van der Waals surface area contributed by atoms with Gasteiger partial charge in [-0.1, -0.05) is 78.3 Å². The normalized spacial score (nSPS) is 21.2. The maximum absolute atomic E-state index is 13.8. The zero-order valence-electron chi connectivity index (χ0n) is 22.3. The van der Waals surface area contributed by atoms with Crippen LogP contribution >= 0.6 is 78.3 Å². The quantitative estimate of drug-likeness (QED) is 0.0799. The number of fused-ring (bicyclic) bond motifs is 1. The van der Waals surface area contributed by atoms with Crippen LogP contribution in [-0.4, -0.2) is 55.7 Å². The molecule has 0 spiro atoms. The maximum atomic E-state index is 13.8. The second-order valence-electron chi connectivity index (χ2n) is 10.2. The van der Waals surface area contributed by atoms with E-state index in [2.05, 4.69) is 31.9 Å². The Morgan fingerprint density at radius 2 is 1.27 bits per heavy atom. The van der Waals surface area contributed by atoms with E-state index in [0.29, 0.717) is 17.9 Å². The van der Waals surface area contributed by atoms with Crippen LogP contribution in [0.3, 0.4) is 0 Å². The Balaban J connectivity index is 1.40. The molecule has 3 amide bonds. The second-order valence-corrected chi connectivity index (χ2v) is 14.2. The summed E-state index contributed by atoms with van der Waals surface area (Å²) in [7, 11) is 0. The molecular weight excluding hydrogens is 786 g/mol. The molecule has 2 aliphatic rings. The summed E-state index contributed by atoms with van der Waals surface area (Å²) in [5.74, 6) is -4.47. The molecule has 0 bridgehead atoms. The van der Waals surface area contributed by atoms with Crippen LogP contribution in [0.2, 0.25) is 20.1 Å². The first-order valence-electron chi connectivity index (χ1n) is 13.1. The molecule has 1 aliphatic carbocycles. The van der Waals surface area contributed by atoms with Gasteiger partial charge in [0, 0.05) is 25.3 Å². The van der Waals surface area contributed by atoms with E-state index in [1.807, 2.05) is 0 Å². The fourth-order valence-corrected chi connectivity index (χ4v) is 7.32. The molecule has 0 unspecified atom stereocenters. The van der Waals surface area contributed by atoms with Gasteiger partial charge in [-0.05, 0) is 73.5 Å². The fourth-order valence-electron chi connectivity index (χ4n) is 5.10. The molecule has 1 saturated carbocycles. The molecule has 3 aromatic carbocycles. The summed E-state index contributed by atoms with van der Waals surface area (Å²) in [6.07, 6.45) is 0.751. The van der Waals surface area contributed by atoms with Crippen molar-refractivity contribution in [3.05, 3.63) is 97.4 Å². The maximum Gasteiger partial charge on any atom is 0.345 e. The van der Waals surface area contributed by atoms with Gasteiger partial charge in [0.15, 0.2) is 5.78 Å². The number of imide groups is 1. The number of rotatable bonds is 7. The molecular formula is C30H20Br2Cl4N2O6. The number of carbonyl (C=O) groups excluding carboxylic acids is 5. The zero-order valence-corrected chi connectivity index (χ0v) is 28.5. The van der Waals surface area contributed by atoms with Crippen LogP contribution in [0.1, 0.15) is 43.9 Å². The van der Waals surface area contributed by atoms with E-state index in [4.69, 9.17) is 51.1 Å². The van der Waals surface area contributed by atoms with Crippen LogP contribution in [0.4, 0.5) is 0 Å². The van der Waals surface area contributed by atoms with Gasteiger partial charge in [0.25, 0.3) is 17.7 Å². The number of amides is 3. The number of ether oxygens (including phenoxy) is 1. The summed E-state index contributed by atoms with van der Waals surface area (Å²) in [4.78, 5) is 67.0. The van der Waals surface area contributed by atoms with E-state index < -0.39 is 47.9 Å². The van der Waals surface area contributed by atoms with Gasteiger partial charge in [0.1, 0.15) is 12.3 Å². The molecule has 44 heavy (non-hydrogen) atoms. The van der Waals surface area contributed by atoms with E-state index in [0.717, 1.165) is 10.0 Å². The summed E-state index contributed by atoms with van der Waals surface area (Å²) in [5.41, 5.74) is 0.190. The number of halogens is 6. The van der Waals surface area contributed by atoms with Gasteiger partial charge in [-0.2, -0.15) is 5.01 Å². The van der Waals surface area contributed by atoms with Crippen LogP contribution in [-0.2, 0) is 9.59 Å². The van der Waals surface area contributed by atoms with Crippen molar-refractivity contribution in [2.45, 2.75) is 22.5 Å². The SMILES string of the molecule is O=C(CN(C(=O)c1ccc(Cl)cc1Cl)N1C(=O)[C@@H]2C[C@@H](Br)[C@@H](Br)C[C@H]2C1=O)c1ccc(OC(=O)c2ccc(Cl)cc2Cl)cc1. The number of hydrogen-bond acceptors (Lipinski definition) is 6. The van der Waals surface area contributed by atoms with Crippen molar-refractivity contribution < 1.29 is 28.7 Å². The number of ketones is 1. The van der Waals surface area contributed by atoms with Gasteiger partial charge in [0.05, 0.1) is 33.0 Å². The zero-order chi connectivity index (χ0) is 31.9. The summed E-state index contributed by atoms with van der Waals surface area (Å²) >= 11 is 31.4. The summed E-state index contributed by atoms with van der Waals surface area (Å²) < 4.78 is 5.36. The standard InChI is InChI=1S/C30H20Br2Cl4N2O6/c31-22-11-20-21(12-23(22)32)29(42)38(28(20)41)37(27(40)18-7-3-15(33)9-24(18)35)13-26(39)14-1-5-17(6-2-14)44-30(43)19-8-4-16(34)10-25(19)36/h1-10,20-23H,11-13H2/t20-,21-,22-,23+/m1/s1. The lowest BCUT2D eigenvalue weighted by Crippen LogP contribution is -2.52. The van der Waals surface area contributed by atoms with Crippen LogP contribution < -0.4 is 4.74 Å². The predicted molar refractivity (Wildman–Crippen MR) is 173 cm³/mol. The lowest BCUT2D eigenvalue weighted by atomic mass is 9.81. The molecule has 14 heteroatoms. The number of esters is 1. The molecule has 8 nitrogen and oxygen atoms in total. The lowest BCUT2D eigenvalue weighted by molar-refractivity contribution is -0.154. The average molecular weight is 806 g/mol. The van der Waals surface area contributed by atoms with Gasteiger partial charge >= 0.3 is 5.97 Å². The van der Waals surface area contributed by atoms with Gasteiger partial charge in [-0.25, -0.2) is 9.80 Å². The Morgan fingerprint density at radius 3 is 1.77 bits per heavy atom. The van der Waals surface area contributed by atoms with Crippen molar-refractivity contribution in [2.75, 3.05) is 6.54 Å². The van der Waals surface area contributed by atoms with Crippen LogP contribution in [0.5, 0.6) is 5.75 Å². The van der Waals surface area contributed by atoms with Crippen molar-refractivity contribution in [1.29, 1.82) is 0 Å². The van der Waals surface area contributed by atoms with Gasteiger partial charge in [0.2, 0.25) is 0 Å². The Kier molecular flexibility index (Phi) is 10.1. The average Bonchev–Trinajstić information content (AvgIpc) is 3.20. The molecule has 1 aliphatic heterocycles. The number of hydrogen-bond donors (Lipinski definition) is 0. The topological polar surface area (TPSA) is 101 Å². The lowest BCUT2D eigenvalue weighted by Gasteiger charge is -2.30. The highest BCUT2D eigenvalue weighted by Crippen LogP contribution is 2.44. The Hall–Kier alpha value is -2.47. The van der Waals surface area contributed by atoms with Crippen LogP contribution in [0, 0.1) is 11.8 Å². The molecule has 2 fully saturated rings. The van der Waals surface area contributed by atoms with Gasteiger partial charge < -0.3 is 4.74 Å². The minimum Gasteiger partial charge on any atom is -0.423 e. The number of alkyl halides is 2. The minimum atomic E-state index is -0.823. The predicted octanol–water partition coefficient (Wildman–Crippen LogP) is 7.68. The number of benzene rings is 3. The number of nitrogens with zero attached hydrogens (tertiary/aromatic N) is 2. The minimum absolute atomic E-state index is 0.00976. The third kappa shape index (κ3) is 6.71. The first-order chi connectivity index (χ1) is 20.8. The molecule has 1 saturated heterocycles. The highest BCUT2D eigenvalue weighted by Gasteiger charge is 2.54. The number of hydrazine groups is 1. The van der Waals surface area contributed by atoms with Crippen molar-refractivity contribution >= 4 is 108 Å². The van der Waals surface area contributed by atoms with E-state index in [1.165, 1.54) is 60.7 Å². The Morgan fingerprint density at radius 1 is 0.773 bits per heavy atom. The summed E-state index contributed by atoms with van der Waals surface area (Å²) in [6.45, 7) is -0.649. The van der Waals surface area contributed by atoms with E-state index in [-0.39, 0.29) is 47.2 Å². The third-order valence-electron chi connectivity index (χ3n) is 7.36. The first kappa shape index (κ1) is 32.9.